The van der Waals surface area contributed by atoms with Gasteiger partial charge in [-0.05, 0) is 39.2 Å². The number of nitrogens with zero attached hydrogens (tertiary/aromatic N) is 1. The Kier molecular flexibility index (Phi) is 3.36. The van der Waals surface area contributed by atoms with Crippen molar-refractivity contribution in [2.75, 3.05) is 6.54 Å². The minimum absolute atomic E-state index is 0.131. The molecule has 0 spiro atoms. The Labute approximate surface area is 90.1 Å². The number of carbonyl (C=O) groups excluding carboxylic acids is 1. The molecule has 0 radical (unpaired) electrons. The van der Waals surface area contributed by atoms with Crippen LogP contribution >= 0.6 is 0 Å². The van der Waals surface area contributed by atoms with Gasteiger partial charge in [-0.25, -0.2) is 4.79 Å². The maximum Gasteiger partial charge on any atom is 0.343 e. The van der Waals surface area contributed by atoms with Gasteiger partial charge in [0.2, 0.25) is 0 Å². The number of oxime groups is 1. The van der Waals surface area contributed by atoms with Crippen molar-refractivity contribution in [2.45, 2.75) is 45.1 Å². The van der Waals surface area contributed by atoms with Gasteiger partial charge in [0, 0.05) is 6.04 Å². The normalized spacial score (nSPS) is 31.3. The lowest BCUT2D eigenvalue weighted by atomic mass is 9.95. The van der Waals surface area contributed by atoms with E-state index >= 15 is 0 Å². The summed E-state index contributed by atoms with van der Waals surface area (Å²) in [6.07, 6.45) is 5.80. The van der Waals surface area contributed by atoms with Crippen LogP contribution in [0.1, 0.15) is 39.0 Å². The molecular formula is C11H18N2O2. The van der Waals surface area contributed by atoms with E-state index in [0.717, 1.165) is 25.1 Å². The van der Waals surface area contributed by atoms with Crippen LogP contribution in [0.15, 0.2) is 5.16 Å². The fraction of sp³-hybridized carbons (Fsp3) is 0.818. The highest BCUT2D eigenvalue weighted by atomic mass is 16.7. The van der Waals surface area contributed by atoms with E-state index in [4.69, 9.17) is 0 Å². The molecule has 0 aromatic carbocycles. The van der Waals surface area contributed by atoms with Crippen molar-refractivity contribution in [1.82, 2.24) is 5.32 Å². The van der Waals surface area contributed by atoms with Crippen molar-refractivity contribution >= 4 is 11.7 Å². The summed E-state index contributed by atoms with van der Waals surface area (Å²) < 4.78 is 0. The lowest BCUT2D eigenvalue weighted by molar-refractivity contribution is -0.142. The molecule has 2 unspecified atom stereocenters. The maximum atomic E-state index is 11.1. The van der Waals surface area contributed by atoms with Crippen LogP contribution in [0.4, 0.5) is 0 Å². The molecule has 0 amide bonds. The number of nitrogens with one attached hydrogen (secondary N) is 1. The third-order valence-electron chi connectivity index (χ3n) is 3.27. The smallest absolute Gasteiger partial charge is 0.318 e. The summed E-state index contributed by atoms with van der Waals surface area (Å²) in [7, 11) is 0. The third-order valence-corrected chi connectivity index (χ3v) is 3.27. The first-order valence-electron chi connectivity index (χ1n) is 5.78. The van der Waals surface area contributed by atoms with Gasteiger partial charge in [0.05, 0.1) is 11.6 Å². The Morgan fingerprint density at radius 1 is 1.53 bits per heavy atom. The summed E-state index contributed by atoms with van der Waals surface area (Å²) in [6, 6.07) is 0.601. The SMILES string of the molecule is CC1C(=O)ON=C1CCC1CCCCN1. The number of hydrogen-bond acceptors (Lipinski definition) is 4. The zero-order valence-electron chi connectivity index (χ0n) is 9.16. The van der Waals surface area contributed by atoms with E-state index in [1.807, 2.05) is 6.92 Å². The third kappa shape index (κ3) is 2.56. The average Bonchev–Trinajstić information content (AvgIpc) is 2.59. The van der Waals surface area contributed by atoms with E-state index in [-0.39, 0.29) is 11.9 Å². The Morgan fingerprint density at radius 3 is 3.00 bits per heavy atom. The molecule has 1 saturated heterocycles. The molecule has 2 heterocycles. The van der Waals surface area contributed by atoms with E-state index < -0.39 is 0 Å². The Hall–Kier alpha value is -0.900. The van der Waals surface area contributed by atoms with Gasteiger partial charge in [-0.1, -0.05) is 11.6 Å². The van der Waals surface area contributed by atoms with Crippen LogP contribution in [0.5, 0.6) is 0 Å². The molecule has 0 aromatic heterocycles. The van der Waals surface area contributed by atoms with Gasteiger partial charge in [-0.3, -0.25) is 0 Å². The number of piperidine rings is 1. The van der Waals surface area contributed by atoms with Crippen molar-refractivity contribution in [3.05, 3.63) is 0 Å². The molecule has 15 heavy (non-hydrogen) atoms. The van der Waals surface area contributed by atoms with E-state index in [9.17, 15) is 4.79 Å². The molecule has 0 aromatic rings. The van der Waals surface area contributed by atoms with Gasteiger partial charge in [0.1, 0.15) is 0 Å². The Bertz CT molecular complexity index is 270. The Balaban J connectivity index is 1.75. The van der Waals surface area contributed by atoms with E-state index in [0.29, 0.717) is 6.04 Å². The zero-order valence-corrected chi connectivity index (χ0v) is 9.16. The Morgan fingerprint density at radius 2 is 2.40 bits per heavy atom. The highest BCUT2D eigenvalue weighted by Crippen LogP contribution is 2.18. The second-order valence-corrected chi connectivity index (χ2v) is 4.40. The van der Waals surface area contributed by atoms with Crippen LogP contribution in [0.2, 0.25) is 0 Å². The fourth-order valence-corrected chi connectivity index (χ4v) is 2.15. The van der Waals surface area contributed by atoms with Crippen molar-refractivity contribution in [1.29, 1.82) is 0 Å². The molecule has 1 N–H and O–H groups in total. The number of carbonyl (C=O) groups is 1. The minimum Gasteiger partial charge on any atom is -0.318 e. The predicted octanol–water partition coefficient (Wildman–Crippen LogP) is 1.46. The summed E-state index contributed by atoms with van der Waals surface area (Å²) in [6.45, 7) is 2.99. The first-order valence-corrected chi connectivity index (χ1v) is 5.78. The van der Waals surface area contributed by atoms with Crippen molar-refractivity contribution < 1.29 is 9.63 Å². The van der Waals surface area contributed by atoms with Crippen molar-refractivity contribution in [3.63, 3.8) is 0 Å². The standard InChI is InChI=1S/C11H18N2O2/c1-8-10(13-15-11(8)14)6-5-9-4-2-3-7-12-9/h8-9,12H,2-7H2,1H3. The van der Waals surface area contributed by atoms with E-state index in [1.54, 1.807) is 0 Å². The molecule has 84 valence electrons. The molecule has 2 atom stereocenters. The number of rotatable bonds is 3. The molecule has 0 bridgehead atoms. The summed E-state index contributed by atoms with van der Waals surface area (Å²) in [5, 5.41) is 7.31. The first-order chi connectivity index (χ1) is 7.27. The average molecular weight is 210 g/mol. The lowest BCUT2D eigenvalue weighted by Gasteiger charge is -2.23. The predicted molar refractivity (Wildman–Crippen MR) is 57.6 cm³/mol. The van der Waals surface area contributed by atoms with Gasteiger partial charge >= 0.3 is 5.97 Å². The minimum atomic E-state index is -0.207. The molecule has 2 rings (SSSR count). The van der Waals surface area contributed by atoms with Crippen LogP contribution in [-0.4, -0.2) is 24.3 Å². The molecule has 4 nitrogen and oxygen atoms in total. The topological polar surface area (TPSA) is 50.7 Å². The van der Waals surface area contributed by atoms with Crippen LogP contribution in [0.3, 0.4) is 0 Å². The molecule has 1 fully saturated rings. The van der Waals surface area contributed by atoms with Gasteiger partial charge in [0.25, 0.3) is 0 Å². The van der Waals surface area contributed by atoms with Gasteiger partial charge in [-0.2, -0.15) is 0 Å². The molecule has 0 saturated carbocycles. The maximum absolute atomic E-state index is 11.1. The van der Waals surface area contributed by atoms with Gasteiger partial charge in [-0.15, -0.1) is 0 Å². The highest BCUT2D eigenvalue weighted by Gasteiger charge is 2.28. The highest BCUT2D eigenvalue weighted by molar-refractivity contribution is 6.04. The van der Waals surface area contributed by atoms with Crippen LogP contribution in [-0.2, 0) is 9.63 Å². The molecule has 2 aliphatic rings. The lowest BCUT2D eigenvalue weighted by Crippen LogP contribution is -2.34. The monoisotopic (exact) mass is 210 g/mol. The van der Waals surface area contributed by atoms with Gasteiger partial charge < -0.3 is 10.2 Å². The molecule has 0 aliphatic carbocycles. The second kappa shape index (κ2) is 4.75. The van der Waals surface area contributed by atoms with Crippen molar-refractivity contribution in [2.24, 2.45) is 11.1 Å². The summed E-state index contributed by atoms with van der Waals surface area (Å²) >= 11 is 0. The van der Waals surface area contributed by atoms with Crippen LogP contribution in [0.25, 0.3) is 0 Å². The van der Waals surface area contributed by atoms with Crippen LogP contribution in [0, 0.1) is 5.92 Å². The first kappa shape index (κ1) is 10.6. The largest absolute Gasteiger partial charge is 0.343 e. The van der Waals surface area contributed by atoms with Crippen LogP contribution < -0.4 is 5.32 Å². The van der Waals surface area contributed by atoms with Gasteiger partial charge in [0.15, 0.2) is 0 Å². The summed E-state index contributed by atoms with van der Waals surface area (Å²) in [5.74, 6) is -0.338. The van der Waals surface area contributed by atoms with Crippen molar-refractivity contribution in [3.8, 4) is 0 Å². The van der Waals surface area contributed by atoms with E-state index in [2.05, 4.69) is 15.3 Å². The molecular weight excluding hydrogens is 192 g/mol. The summed E-state index contributed by atoms with van der Waals surface area (Å²) in [4.78, 5) is 15.7. The number of hydrogen-bond donors (Lipinski definition) is 1. The zero-order chi connectivity index (χ0) is 10.7. The summed E-state index contributed by atoms with van der Waals surface area (Å²) in [5.41, 5.74) is 0.910. The second-order valence-electron chi connectivity index (χ2n) is 4.40. The van der Waals surface area contributed by atoms with E-state index in [1.165, 1.54) is 19.3 Å². The molecule has 2 aliphatic heterocycles. The quantitative estimate of drug-likeness (QED) is 0.717. The fourth-order valence-electron chi connectivity index (χ4n) is 2.15. The molecule has 4 heteroatoms.